The Kier molecular flexibility index (Phi) is 6.05. The molecule has 0 saturated heterocycles. The van der Waals surface area contributed by atoms with Crippen LogP contribution in [0.2, 0.25) is 0 Å². The topological polar surface area (TPSA) is 78.4 Å². The first-order valence-corrected chi connectivity index (χ1v) is 7.71. The van der Waals surface area contributed by atoms with Crippen LogP contribution in [0.25, 0.3) is 0 Å². The molecular weight excluding hydrogens is 292 g/mol. The van der Waals surface area contributed by atoms with Crippen molar-refractivity contribution >= 4 is 11.8 Å². The van der Waals surface area contributed by atoms with E-state index in [0.717, 1.165) is 25.2 Å². The van der Waals surface area contributed by atoms with Crippen molar-refractivity contribution in [1.82, 2.24) is 14.9 Å². The number of nitrogens with one attached hydrogen (secondary N) is 1. The lowest BCUT2D eigenvalue weighted by molar-refractivity contribution is 0.0690. The molecule has 1 aromatic carbocycles. The zero-order valence-corrected chi connectivity index (χ0v) is 13.5. The molecule has 0 radical (unpaired) electrons. The molecule has 0 unspecified atom stereocenters. The number of carboxylic acids is 1. The normalized spacial score (nSPS) is 10.7. The fraction of sp³-hybridized carbons (Fsp3) is 0.353. The summed E-state index contributed by atoms with van der Waals surface area (Å²) in [7, 11) is 0. The third-order valence-corrected chi connectivity index (χ3v) is 3.64. The van der Waals surface area contributed by atoms with Crippen LogP contribution in [0, 0.1) is 0 Å². The highest BCUT2D eigenvalue weighted by Crippen LogP contribution is 2.10. The summed E-state index contributed by atoms with van der Waals surface area (Å²) >= 11 is 0. The van der Waals surface area contributed by atoms with Gasteiger partial charge in [-0.3, -0.25) is 4.90 Å². The van der Waals surface area contributed by atoms with Gasteiger partial charge in [-0.2, -0.15) is 0 Å². The van der Waals surface area contributed by atoms with Crippen molar-refractivity contribution in [2.24, 2.45) is 0 Å². The summed E-state index contributed by atoms with van der Waals surface area (Å²) in [5, 5.41) is 12.0. The molecule has 1 heterocycles. The van der Waals surface area contributed by atoms with Crippen molar-refractivity contribution in [3.05, 3.63) is 53.5 Å². The van der Waals surface area contributed by atoms with Crippen LogP contribution in [-0.2, 0) is 13.1 Å². The number of carboxylic acid groups (broad SMARTS) is 1. The molecule has 0 aliphatic rings. The van der Waals surface area contributed by atoms with Crippen molar-refractivity contribution in [3.8, 4) is 0 Å². The number of aromatic carboxylic acids is 1. The Morgan fingerprint density at radius 2 is 1.91 bits per heavy atom. The Labute approximate surface area is 136 Å². The number of carbonyl (C=O) groups is 1. The summed E-state index contributed by atoms with van der Waals surface area (Å²) in [6.45, 7) is 7.94. The largest absolute Gasteiger partial charge is 0.476 e. The summed E-state index contributed by atoms with van der Waals surface area (Å²) in [5.74, 6) is -0.516. The minimum atomic E-state index is -1.08. The van der Waals surface area contributed by atoms with Gasteiger partial charge in [0.25, 0.3) is 0 Å². The number of anilines is 1. The van der Waals surface area contributed by atoms with Crippen molar-refractivity contribution in [2.45, 2.75) is 26.9 Å². The van der Waals surface area contributed by atoms with Crippen LogP contribution in [0.15, 0.2) is 36.7 Å². The Bertz CT molecular complexity index is 639. The molecule has 122 valence electrons. The smallest absolute Gasteiger partial charge is 0.356 e. The highest BCUT2D eigenvalue weighted by atomic mass is 16.4. The molecule has 0 saturated carbocycles. The van der Waals surface area contributed by atoms with E-state index in [1.54, 1.807) is 0 Å². The van der Waals surface area contributed by atoms with E-state index >= 15 is 0 Å². The van der Waals surface area contributed by atoms with Gasteiger partial charge in [0.2, 0.25) is 0 Å². The minimum Gasteiger partial charge on any atom is -0.476 e. The maximum absolute atomic E-state index is 10.7. The third kappa shape index (κ3) is 5.03. The molecule has 1 aromatic heterocycles. The van der Waals surface area contributed by atoms with Crippen LogP contribution in [-0.4, -0.2) is 39.0 Å². The highest BCUT2D eigenvalue weighted by molar-refractivity contribution is 5.84. The lowest BCUT2D eigenvalue weighted by atomic mass is 10.1. The lowest BCUT2D eigenvalue weighted by Crippen LogP contribution is -2.22. The Balaban J connectivity index is 1.96. The molecule has 0 atom stereocenters. The first kappa shape index (κ1) is 16.9. The molecule has 0 bridgehead atoms. The van der Waals surface area contributed by atoms with Gasteiger partial charge in [-0.1, -0.05) is 38.1 Å². The summed E-state index contributed by atoms with van der Waals surface area (Å²) < 4.78 is 0. The maximum atomic E-state index is 10.7. The molecular formula is C17H22N4O2. The SMILES string of the molecule is CCN(CC)Cc1cccc(CNc2cnc(C(=O)O)cn2)c1. The quantitative estimate of drug-likeness (QED) is 0.780. The van der Waals surface area contributed by atoms with E-state index in [0.29, 0.717) is 12.4 Å². The fourth-order valence-electron chi connectivity index (χ4n) is 2.27. The van der Waals surface area contributed by atoms with Crippen molar-refractivity contribution < 1.29 is 9.90 Å². The van der Waals surface area contributed by atoms with E-state index in [9.17, 15) is 4.79 Å². The van der Waals surface area contributed by atoms with Crippen LogP contribution in [0.1, 0.15) is 35.5 Å². The number of hydrogen-bond donors (Lipinski definition) is 2. The zero-order chi connectivity index (χ0) is 16.7. The second-order valence-corrected chi connectivity index (χ2v) is 5.23. The molecule has 6 heteroatoms. The van der Waals surface area contributed by atoms with Crippen LogP contribution in [0.5, 0.6) is 0 Å². The maximum Gasteiger partial charge on any atom is 0.356 e. The van der Waals surface area contributed by atoms with Crippen LogP contribution in [0.3, 0.4) is 0 Å². The van der Waals surface area contributed by atoms with Gasteiger partial charge >= 0.3 is 5.97 Å². The standard InChI is InChI=1S/C17H22N4O2/c1-3-21(4-2)12-14-7-5-6-13(8-14)9-19-16-11-18-15(10-20-16)17(22)23/h5-8,10-11H,3-4,9,12H2,1-2H3,(H,19,20)(H,22,23). The van der Waals surface area contributed by atoms with Crippen LogP contribution in [0.4, 0.5) is 5.82 Å². The molecule has 2 rings (SSSR count). The Hall–Kier alpha value is -2.47. The predicted molar refractivity (Wildman–Crippen MR) is 89.4 cm³/mol. The average Bonchev–Trinajstić information content (AvgIpc) is 2.58. The van der Waals surface area contributed by atoms with E-state index in [2.05, 4.69) is 58.3 Å². The third-order valence-electron chi connectivity index (χ3n) is 3.64. The van der Waals surface area contributed by atoms with Crippen LogP contribution >= 0.6 is 0 Å². The molecule has 6 nitrogen and oxygen atoms in total. The monoisotopic (exact) mass is 314 g/mol. The lowest BCUT2D eigenvalue weighted by Gasteiger charge is -2.18. The number of nitrogens with zero attached hydrogens (tertiary/aromatic N) is 3. The van der Waals surface area contributed by atoms with Gasteiger partial charge in [-0.05, 0) is 24.2 Å². The minimum absolute atomic E-state index is 0.0585. The first-order chi connectivity index (χ1) is 11.1. The zero-order valence-electron chi connectivity index (χ0n) is 13.5. The van der Waals surface area contributed by atoms with Crippen molar-refractivity contribution in [1.29, 1.82) is 0 Å². The predicted octanol–water partition coefficient (Wildman–Crippen LogP) is 2.63. The summed E-state index contributed by atoms with van der Waals surface area (Å²) in [6, 6.07) is 8.40. The molecule has 0 aliphatic heterocycles. The van der Waals surface area contributed by atoms with Crippen LogP contribution < -0.4 is 5.32 Å². The molecule has 0 spiro atoms. The van der Waals surface area contributed by atoms with Gasteiger partial charge in [0.1, 0.15) is 5.82 Å². The summed E-state index contributed by atoms with van der Waals surface area (Å²) in [6.07, 6.45) is 2.69. The van der Waals surface area contributed by atoms with Crippen molar-refractivity contribution in [2.75, 3.05) is 18.4 Å². The molecule has 0 fully saturated rings. The summed E-state index contributed by atoms with van der Waals surface area (Å²) in [4.78, 5) is 21.0. The van der Waals surface area contributed by atoms with E-state index in [1.807, 2.05) is 0 Å². The van der Waals surface area contributed by atoms with Gasteiger partial charge in [0.15, 0.2) is 5.69 Å². The average molecular weight is 314 g/mol. The van der Waals surface area contributed by atoms with E-state index in [4.69, 9.17) is 5.11 Å². The van der Waals surface area contributed by atoms with Gasteiger partial charge in [0.05, 0.1) is 12.4 Å². The first-order valence-electron chi connectivity index (χ1n) is 7.71. The molecule has 23 heavy (non-hydrogen) atoms. The molecule has 2 N–H and O–H groups in total. The van der Waals surface area contributed by atoms with E-state index in [1.165, 1.54) is 18.0 Å². The number of hydrogen-bond acceptors (Lipinski definition) is 5. The Morgan fingerprint density at radius 3 is 2.52 bits per heavy atom. The molecule has 2 aromatic rings. The second kappa shape index (κ2) is 8.24. The van der Waals surface area contributed by atoms with Crippen molar-refractivity contribution in [3.63, 3.8) is 0 Å². The molecule has 0 aliphatic carbocycles. The van der Waals surface area contributed by atoms with E-state index < -0.39 is 5.97 Å². The second-order valence-electron chi connectivity index (χ2n) is 5.23. The highest BCUT2D eigenvalue weighted by Gasteiger charge is 2.05. The summed E-state index contributed by atoms with van der Waals surface area (Å²) in [5.41, 5.74) is 2.37. The van der Waals surface area contributed by atoms with Gasteiger partial charge in [-0.25, -0.2) is 14.8 Å². The van der Waals surface area contributed by atoms with E-state index in [-0.39, 0.29) is 5.69 Å². The number of rotatable bonds is 8. The fourth-order valence-corrected chi connectivity index (χ4v) is 2.27. The van der Waals surface area contributed by atoms with Gasteiger partial charge < -0.3 is 10.4 Å². The Morgan fingerprint density at radius 1 is 1.17 bits per heavy atom. The number of benzene rings is 1. The van der Waals surface area contributed by atoms with Gasteiger partial charge in [-0.15, -0.1) is 0 Å². The molecule has 0 amide bonds. The number of aromatic nitrogens is 2. The van der Waals surface area contributed by atoms with Gasteiger partial charge in [0, 0.05) is 13.1 Å².